The van der Waals surface area contributed by atoms with E-state index in [1.54, 1.807) is 0 Å². The van der Waals surface area contributed by atoms with E-state index in [4.69, 9.17) is 0 Å². The molecule has 0 N–H and O–H groups in total. The standard InChI is InChI=1S/C16H21F6NO4S2/c17-15(18,19)12-8-3-1-2-4-9-13-28(24,25)23(14-10-6-5-7-11-14)29(26,27)16(20,21)22/h5-7,10-11H,1-4,8-9,12-13H2. The van der Waals surface area contributed by atoms with E-state index in [0.717, 1.165) is 12.1 Å². The molecule has 0 fully saturated rings. The fourth-order valence-corrected chi connectivity index (χ4v) is 5.93. The zero-order chi connectivity index (χ0) is 22.3. The van der Waals surface area contributed by atoms with Gasteiger partial charge in [0.25, 0.3) is 0 Å². The molecule has 0 aliphatic heterocycles. The van der Waals surface area contributed by atoms with Gasteiger partial charge in [-0.25, -0.2) is 8.42 Å². The number of hydrogen-bond donors (Lipinski definition) is 0. The lowest BCUT2D eigenvalue weighted by molar-refractivity contribution is -0.135. The molecular formula is C16H21F6NO4S2. The van der Waals surface area contributed by atoms with Crippen LogP contribution in [0, 0.1) is 0 Å². The normalized spacial score (nSPS) is 13.4. The maximum atomic E-state index is 13.0. The number of anilines is 1. The van der Waals surface area contributed by atoms with Crippen LogP contribution in [-0.4, -0.2) is 34.3 Å². The van der Waals surface area contributed by atoms with Crippen molar-refractivity contribution in [3.63, 3.8) is 0 Å². The van der Waals surface area contributed by atoms with Crippen molar-refractivity contribution < 1.29 is 43.2 Å². The monoisotopic (exact) mass is 469 g/mol. The molecular weight excluding hydrogens is 448 g/mol. The SMILES string of the molecule is O=S(=O)(CCCCCCCCC(F)(F)F)N(c1ccccc1)S(=O)(=O)C(F)(F)F. The van der Waals surface area contributed by atoms with E-state index in [2.05, 4.69) is 0 Å². The highest BCUT2D eigenvalue weighted by Gasteiger charge is 2.54. The summed E-state index contributed by atoms with van der Waals surface area (Å²) in [6.45, 7) is 0. The van der Waals surface area contributed by atoms with E-state index in [-0.39, 0.29) is 25.7 Å². The van der Waals surface area contributed by atoms with Gasteiger partial charge in [0.1, 0.15) is 0 Å². The first-order valence-corrected chi connectivity index (χ1v) is 11.7. The summed E-state index contributed by atoms with van der Waals surface area (Å²) in [5, 5.41) is 0. The third-order valence-electron chi connectivity index (χ3n) is 3.84. The summed E-state index contributed by atoms with van der Waals surface area (Å²) in [6, 6.07) is 5.64. The van der Waals surface area contributed by atoms with Crippen LogP contribution in [-0.2, 0) is 20.0 Å². The molecule has 1 aromatic carbocycles. The molecule has 0 aromatic heterocycles. The summed E-state index contributed by atoms with van der Waals surface area (Å²) in [6.07, 6.45) is -4.05. The van der Waals surface area contributed by atoms with Gasteiger partial charge in [-0.1, -0.05) is 43.9 Å². The first kappa shape index (κ1) is 25.5. The molecule has 5 nitrogen and oxygen atoms in total. The van der Waals surface area contributed by atoms with Gasteiger partial charge in [-0.05, 0) is 25.0 Å². The van der Waals surface area contributed by atoms with Crippen LogP contribution in [0.2, 0.25) is 0 Å². The molecule has 0 saturated carbocycles. The highest BCUT2D eigenvalue weighted by molar-refractivity contribution is 8.10. The fraction of sp³-hybridized carbons (Fsp3) is 0.625. The Kier molecular flexibility index (Phi) is 8.81. The zero-order valence-electron chi connectivity index (χ0n) is 15.2. The van der Waals surface area contributed by atoms with Crippen molar-refractivity contribution in [1.29, 1.82) is 0 Å². The molecule has 1 aromatic rings. The predicted molar refractivity (Wildman–Crippen MR) is 96.1 cm³/mol. The molecule has 0 saturated heterocycles. The smallest absolute Gasteiger partial charge is 0.205 e. The van der Waals surface area contributed by atoms with Crippen molar-refractivity contribution in [1.82, 2.24) is 0 Å². The Morgan fingerprint density at radius 1 is 0.724 bits per heavy atom. The van der Waals surface area contributed by atoms with Crippen LogP contribution in [0.5, 0.6) is 0 Å². The summed E-state index contributed by atoms with van der Waals surface area (Å²) < 4.78 is 123. The Balaban J connectivity index is 2.73. The largest absolute Gasteiger partial charge is 0.517 e. The third kappa shape index (κ3) is 8.03. The van der Waals surface area contributed by atoms with E-state index in [9.17, 15) is 43.2 Å². The topological polar surface area (TPSA) is 71.5 Å². The molecule has 0 aliphatic rings. The van der Waals surface area contributed by atoms with Crippen molar-refractivity contribution in [3.05, 3.63) is 30.3 Å². The molecule has 0 spiro atoms. The van der Waals surface area contributed by atoms with E-state index in [0.29, 0.717) is 12.8 Å². The van der Waals surface area contributed by atoms with Gasteiger partial charge in [-0.2, -0.15) is 38.5 Å². The van der Waals surface area contributed by atoms with E-state index >= 15 is 0 Å². The molecule has 0 heterocycles. The molecule has 29 heavy (non-hydrogen) atoms. The van der Waals surface area contributed by atoms with Gasteiger partial charge in [0.15, 0.2) is 0 Å². The van der Waals surface area contributed by atoms with Gasteiger partial charge in [0.2, 0.25) is 10.0 Å². The number of nitrogens with zero attached hydrogens (tertiary/aromatic N) is 1. The van der Waals surface area contributed by atoms with Crippen molar-refractivity contribution in [2.75, 3.05) is 9.46 Å². The number of unbranched alkanes of at least 4 members (excludes halogenated alkanes) is 5. The Bertz CT molecular complexity index is 836. The molecule has 0 aliphatic carbocycles. The quantitative estimate of drug-likeness (QED) is 0.339. The molecule has 0 atom stereocenters. The fourth-order valence-electron chi connectivity index (χ4n) is 2.49. The first-order chi connectivity index (χ1) is 13.2. The van der Waals surface area contributed by atoms with E-state index in [1.807, 2.05) is 0 Å². The van der Waals surface area contributed by atoms with Gasteiger partial charge in [-0.15, -0.1) is 0 Å². The molecule has 0 unspecified atom stereocenters. The predicted octanol–water partition coefficient (Wildman–Crippen LogP) is 4.97. The number of alkyl halides is 6. The highest BCUT2D eigenvalue weighted by Crippen LogP contribution is 2.33. The second-order valence-corrected chi connectivity index (χ2v) is 10.2. The molecule has 0 radical (unpaired) electrons. The average molecular weight is 469 g/mol. The van der Waals surface area contributed by atoms with Crippen molar-refractivity contribution >= 4 is 25.7 Å². The second kappa shape index (κ2) is 10.0. The Labute approximate surface area is 165 Å². The summed E-state index contributed by atoms with van der Waals surface area (Å²) in [5.74, 6) is -0.847. The summed E-state index contributed by atoms with van der Waals surface area (Å²) >= 11 is 0. The number of benzene rings is 1. The number of hydrogen-bond acceptors (Lipinski definition) is 4. The molecule has 0 bridgehead atoms. The van der Waals surface area contributed by atoms with Gasteiger partial charge in [-0.3, -0.25) is 0 Å². The lowest BCUT2D eigenvalue weighted by Crippen LogP contribution is -2.45. The van der Waals surface area contributed by atoms with Gasteiger partial charge in [0, 0.05) is 6.42 Å². The Morgan fingerprint density at radius 3 is 1.69 bits per heavy atom. The maximum Gasteiger partial charge on any atom is 0.517 e. The minimum absolute atomic E-state index is 0.0621. The summed E-state index contributed by atoms with van der Waals surface area (Å²) in [5.41, 5.74) is -6.47. The molecule has 1 rings (SSSR count). The van der Waals surface area contributed by atoms with Crippen LogP contribution in [0.3, 0.4) is 0 Å². The molecule has 13 heteroatoms. The summed E-state index contributed by atoms with van der Waals surface area (Å²) in [4.78, 5) is 0. The van der Waals surface area contributed by atoms with Crippen molar-refractivity contribution in [3.8, 4) is 0 Å². The second-order valence-electron chi connectivity index (χ2n) is 6.29. The Morgan fingerprint density at radius 2 is 1.21 bits per heavy atom. The lowest BCUT2D eigenvalue weighted by Gasteiger charge is -2.24. The molecule has 168 valence electrons. The maximum absolute atomic E-state index is 13.0. The first-order valence-electron chi connectivity index (χ1n) is 8.65. The lowest BCUT2D eigenvalue weighted by atomic mass is 10.1. The minimum atomic E-state index is -6.18. The third-order valence-corrected chi connectivity index (χ3v) is 7.87. The number of sulfonamides is 2. The van der Waals surface area contributed by atoms with Crippen LogP contribution in [0.25, 0.3) is 0 Å². The van der Waals surface area contributed by atoms with E-state index < -0.39 is 53.3 Å². The van der Waals surface area contributed by atoms with Crippen LogP contribution >= 0.6 is 0 Å². The molecule has 0 amide bonds. The van der Waals surface area contributed by atoms with Crippen molar-refractivity contribution in [2.45, 2.75) is 56.6 Å². The zero-order valence-corrected chi connectivity index (χ0v) is 16.8. The Hall–Kier alpha value is -1.50. The minimum Gasteiger partial charge on any atom is -0.205 e. The van der Waals surface area contributed by atoms with Crippen LogP contribution in [0.1, 0.15) is 44.9 Å². The summed E-state index contributed by atoms with van der Waals surface area (Å²) in [7, 11) is -11.0. The number of para-hydroxylation sites is 1. The van der Waals surface area contributed by atoms with Crippen LogP contribution in [0.4, 0.5) is 32.0 Å². The highest BCUT2D eigenvalue weighted by atomic mass is 32.3. The number of halogens is 6. The number of rotatable bonds is 11. The average Bonchev–Trinajstić information content (AvgIpc) is 2.55. The van der Waals surface area contributed by atoms with Crippen LogP contribution < -0.4 is 3.71 Å². The van der Waals surface area contributed by atoms with Gasteiger partial charge >= 0.3 is 21.7 Å². The van der Waals surface area contributed by atoms with Crippen LogP contribution in [0.15, 0.2) is 30.3 Å². The van der Waals surface area contributed by atoms with Gasteiger partial charge in [0.05, 0.1) is 11.4 Å². The van der Waals surface area contributed by atoms with Crippen molar-refractivity contribution in [2.24, 2.45) is 0 Å². The van der Waals surface area contributed by atoms with E-state index in [1.165, 1.54) is 18.2 Å². The van der Waals surface area contributed by atoms with Gasteiger partial charge < -0.3 is 0 Å².